The van der Waals surface area contributed by atoms with Crippen molar-refractivity contribution in [3.63, 3.8) is 0 Å². The zero-order valence-electron chi connectivity index (χ0n) is 11.2. The van der Waals surface area contributed by atoms with Gasteiger partial charge in [-0.05, 0) is 26.7 Å². The third kappa shape index (κ3) is 10.2. The Morgan fingerprint density at radius 2 is 1.56 bits per heavy atom. The van der Waals surface area contributed by atoms with Crippen LogP contribution in [0.3, 0.4) is 0 Å². The molecule has 0 bridgehead atoms. The molecule has 0 aromatic heterocycles. The molecule has 0 unspecified atom stereocenters. The summed E-state index contributed by atoms with van der Waals surface area (Å²) in [4.78, 5) is 0. The first kappa shape index (κ1) is 15.7. The molecule has 0 saturated carbocycles. The van der Waals surface area contributed by atoms with Crippen LogP contribution < -0.4 is 0 Å². The van der Waals surface area contributed by atoms with Gasteiger partial charge in [-0.25, -0.2) is 0 Å². The molecule has 0 aliphatic heterocycles. The van der Waals surface area contributed by atoms with Crippen molar-refractivity contribution in [3.8, 4) is 0 Å². The Kier molecular flexibility index (Phi) is 12.5. The topological polar surface area (TPSA) is 18.5 Å². The van der Waals surface area contributed by atoms with E-state index in [1.807, 2.05) is 13.8 Å². The van der Waals surface area contributed by atoms with Crippen molar-refractivity contribution in [2.75, 3.05) is 13.2 Å². The highest BCUT2D eigenvalue weighted by molar-refractivity contribution is 4.82. The SMILES string of the molecule is CCCCCC/C=C/CC(OCC)OCC. The predicted octanol–water partition coefficient (Wildman–Crippen LogP) is 4.30. The fraction of sp³-hybridized carbons (Fsp3) is 0.857. The van der Waals surface area contributed by atoms with Gasteiger partial charge < -0.3 is 9.47 Å². The van der Waals surface area contributed by atoms with Gasteiger partial charge in [0.05, 0.1) is 0 Å². The summed E-state index contributed by atoms with van der Waals surface area (Å²) in [5.74, 6) is 0. The van der Waals surface area contributed by atoms with Crippen molar-refractivity contribution in [2.45, 2.75) is 65.6 Å². The predicted molar refractivity (Wildman–Crippen MR) is 69.6 cm³/mol. The first-order valence-corrected chi connectivity index (χ1v) is 6.73. The molecular weight excluding hydrogens is 200 g/mol. The molecular formula is C14H28O2. The molecule has 0 aliphatic rings. The van der Waals surface area contributed by atoms with E-state index in [0.717, 1.165) is 19.6 Å². The molecule has 16 heavy (non-hydrogen) atoms. The number of ether oxygens (including phenoxy) is 2. The maximum Gasteiger partial charge on any atom is 0.160 e. The second kappa shape index (κ2) is 12.7. The van der Waals surface area contributed by atoms with E-state index in [1.54, 1.807) is 0 Å². The van der Waals surface area contributed by atoms with E-state index in [0.29, 0.717) is 0 Å². The van der Waals surface area contributed by atoms with Crippen LogP contribution in [0.25, 0.3) is 0 Å². The summed E-state index contributed by atoms with van der Waals surface area (Å²) >= 11 is 0. The van der Waals surface area contributed by atoms with Crippen molar-refractivity contribution < 1.29 is 9.47 Å². The van der Waals surface area contributed by atoms with Crippen LogP contribution in [0.5, 0.6) is 0 Å². The third-order valence-electron chi connectivity index (χ3n) is 2.42. The van der Waals surface area contributed by atoms with Crippen LogP contribution in [0.15, 0.2) is 12.2 Å². The first-order chi connectivity index (χ1) is 7.85. The molecule has 0 rings (SSSR count). The molecule has 0 saturated heterocycles. The van der Waals surface area contributed by atoms with Gasteiger partial charge in [0.15, 0.2) is 6.29 Å². The Morgan fingerprint density at radius 1 is 0.875 bits per heavy atom. The number of unbranched alkanes of at least 4 members (excludes halogenated alkanes) is 4. The fourth-order valence-electron chi connectivity index (χ4n) is 1.57. The molecule has 0 atom stereocenters. The van der Waals surface area contributed by atoms with Crippen molar-refractivity contribution in [2.24, 2.45) is 0 Å². The van der Waals surface area contributed by atoms with Crippen LogP contribution in [-0.4, -0.2) is 19.5 Å². The van der Waals surface area contributed by atoms with Crippen LogP contribution in [0.2, 0.25) is 0 Å². The monoisotopic (exact) mass is 228 g/mol. The average molecular weight is 228 g/mol. The first-order valence-electron chi connectivity index (χ1n) is 6.73. The lowest BCUT2D eigenvalue weighted by Crippen LogP contribution is -2.16. The molecule has 2 heteroatoms. The van der Waals surface area contributed by atoms with Gasteiger partial charge in [0, 0.05) is 19.6 Å². The van der Waals surface area contributed by atoms with Crippen LogP contribution >= 0.6 is 0 Å². The Labute approximate surface area is 101 Å². The zero-order valence-corrected chi connectivity index (χ0v) is 11.2. The van der Waals surface area contributed by atoms with Gasteiger partial charge >= 0.3 is 0 Å². The van der Waals surface area contributed by atoms with Gasteiger partial charge in [0.1, 0.15) is 0 Å². The molecule has 0 heterocycles. The summed E-state index contributed by atoms with van der Waals surface area (Å²) in [6.45, 7) is 7.68. The maximum absolute atomic E-state index is 5.45. The lowest BCUT2D eigenvalue weighted by atomic mass is 10.1. The summed E-state index contributed by atoms with van der Waals surface area (Å²) in [5.41, 5.74) is 0. The Bertz CT molecular complexity index is 149. The molecule has 0 radical (unpaired) electrons. The summed E-state index contributed by atoms with van der Waals surface area (Å²) in [6, 6.07) is 0. The van der Waals surface area contributed by atoms with Gasteiger partial charge in [-0.1, -0.05) is 38.3 Å². The van der Waals surface area contributed by atoms with E-state index in [1.165, 1.54) is 32.1 Å². The highest BCUT2D eigenvalue weighted by Crippen LogP contribution is 2.06. The van der Waals surface area contributed by atoms with E-state index in [4.69, 9.17) is 9.47 Å². The zero-order chi connectivity index (χ0) is 12.1. The third-order valence-corrected chi connectivity index (χ3v) is 2.42. The summed E-state index contributed by atoms with van der Waals surface area (Å²) < 4.78 is 10.9. The van der Waals surface area contributed by atoms with Crippen molar-refractivity contribution in [1.29, 1.82) is 0 Å². The van der Waals surface area contributed by atoms with Gasteiger partial charge in [-0.2, -0.15) is 0 Å². The Hall–Kier alpha value is -0.340. The van der Waals surface area contributed by atoms with Gasteiger partial charge in [-0.3, -0.25) is 0 Å². The van der Waals surface area contributed by atoms with E-state index in [-0.39, 0.29) is 6.29 Å². The molecule has 96 valence electrons. The lowest BCUT2D eigenvalue weighted by molar-refractivity contribution is -0.133. The summed E-state index contributed by atoms with van der Waals surface area (Å²) in [6.07, 6.45) is 11.7. The van der Waals surface area contributed by atoms with Crippen molar-refractivity contribution in [3.05, 3.63) is 12.2 Å². The van der Waals surface area contributed by atoms with Gasteiger partial charge in [0.25, 0.3) is 0 Å². The normalized spacial score (nSPS) is 11.8. The second-order valence-corrected chi connectivity index (χ2v) is 3.90. The molecule has 0 aromatic rings. The van der Waals surface area contributed by atoms with Gasteiger partial charge in [0.2, 0.25) is 0 Å². The average Bonchev–Trinajstić information content (AvgIpc) is 2.28. The summed E-state index contributed by atoms with van der Waals surface area (Å²) in [7, 11) is 0. The minimum atomic E-state index is -0.0538. The largest absolute Gasteiger partial charge is 0.353 e. The number of hydrogen-bond acceptors (Lipinski definition) is 2. The highest BCUT2D eigenvalue weighted by atomic mass is 16.7. The second-order valence-electron chi connectivity index (χ2n) is 3.90. The highest BCUT2D eigenvalue weighted by Gasteiger charge is 2.03. The fourth-order valence-corrected chi connectivity index (χ4v) is 1.57. The molecule has 0 aliphatic carbocycles. The number of hydrogen-bond donors (Lipinski definition) is 0. The van der Waals surface area contributed by atoms with E-state index >= 15 is 0 Å². The minimum absolute atomic E-state index is 0.0538. The smallest absolute Gasteiger partial charge is 0.160 e. The van der Waals surface area contributed by atoms with E-state index in [9.17, 15) is 0 Å². The van der Waals surface area contributed by atoms with Crippen LogP contribution in [0.1, 0.15) is 59.3 Å². The standard InChI is InChI=1S/C14H28O2/c1-4-7-8-9-10-11-12-13-14(15-5-2)16-6-3/h11-12,14H,4-10,13H2,1-3H3/b12-11+. The summed E-state index contributed by atoms with van der Waals surface area (Å²) in [5, 5.41) is 0. The molecule has 2 nitrogen and oxygen atoms in total. The molecule has 0 spiro atoms. The van der Waals surface area contributed by atoms with E-state index < -0.39 is 0 Å². The van der Waals surface area contributed by atoms with Crippen molar-refractivity contribution in [1.82, 2.24) is 0 Å². The van der Waals surface area contributed by atoms with Crippen LogP contribution in [0.4, 0.5) is 0 Å². The molecule has 0 aromatic carbocycles. The Balaban J connectivity index is 3.46. The van der Waals surface area contributed by atoms with E-state index in [2.05, 4.69) is 19.1 Å². The van der Waals surface area contributed by atoms with Crippen LogP contribution in [-0.2, 0) is 9.47 Å². The Morgan fingerprint density at radius 3 is 2.12 bits per heavy atom. The lowest BCUT2D eigenvalue weighted by Gasteiger charge is -2.14. The molecule has 0 fully saturated rings. The minimum Gasteiger partial charge on any atom is -0.353 e. The molecule has 0 amide bonds. The molecule has 0 N–H and O–H groups in total. The number of rotatable bonds is 11. The maximum atomic E-state index is 5.45. The quantitative estimate of drug-likeness (QED) is 0.298. The van der Waals surface area contributed by atoms with Crippen LogP contribution in [0, 0.1) is 0 Å². The van der Waals surface area contributed by atoms with Crippen molar-refractivity contribution >= 4 is 0 Å². The number of allylic oxidation sites excluding steroid dienone is 1. The van der Waals surface area contributed by atoms with Gasteiger partial charge in [-0.15, -0.1) is 0 Å².